The molecule has 2 aromatic heterocycles. The molecule has 7 heteroatoms. The highest BCUT2D eigenvalue weighted by Gasteiger charge is 2.23. The fourth-order valence-electron chi connectivity index (χ4n) is 1.93. The quantitative estimate of drug-likeness (QED) is 0.870. The van der Waals surface area contributed by atoms with E-state index in [2.05, 4.69) is 9.97 Å². The molecule has 3 heterocycles. The molecule has 0 amide bonds. The van der Waals surface area contributed by atoms with Crippen molar-refractivity contribution in [2.45, 2.75) is 6.10 Å². The van der Waals surface area contributed by atoms with E-state index < -0.39 is 0 Å². The zero-order valence-corrected chi connectivity index (χ0v) is 10.6. The SMILES string of the molecule is Cl.NCC1CN(c2nc3ncccc3o2)CCO1. The lowest BCUT2D eigenvalue weighted by Crippen LogP contribution is -2.45. The van der Waals surface area contributed by atoms with Gasteiger partial charge in [-0.05, 0) is 12.1 Å². The first-order valence-corrected chi connectivity index (χ1v) is 5.65. The highest BCUT2D eigenvalue weighted by molar-refractivity contribution is 5.85. The Balaban J connectivity index is 0.00000120. The second-order valence-electron chi connectivity index (χ2n) is 4.00. The van der Waals surface area contributed by atoms with E-state index in [0.717, 1.165) is 6.54 Å². The first-order chi connectivity index (χ1) is 8.36. The molecule has 0 aliphatic carbocycles. The molecule has 1 fully saturated rings. The van der Waals surface area contributed by atoms with Crippen LogP contribution >= 0.6 is 12.4 Å². The molecular formula is C11H15ClN4O2. The van der Waals surface area contributed by atoms with Crippen LogP contribution in [0.25, 0.3) is 11.2 Å². The van der Waals surface area contributed by atoms with Gasteiger partial charge in [-0.25, -0.2) is 4.98 Å². The molecule has 0 radical (unpaired) electrons. The first-order valence-electron chi connectivity index (χ1n) is 5.65. The molecule has 98 valence electrons. The van der Waals surface area contributed by atoms with Gasteiger partial charge >= 0.3 is 0 Å². The van der Waals surface area contributed by atoms with Crippen LogP contribution in [-0.4, -0.2) is 42.3 Å². The second-order valence-corrected chi connectivity index (χ2v) is 4.00. The third-order valence-electron chi connectivity index (χ3n) is 2.83. The van der Waals surface area contributed by atoms with Crippen LogP contribution in [0.2, 0.25) is 0 Å². The van der Waals surface area contributed by atoms with Gasteiger partial charge in [0.15, 0.2) is 5.58 Å². The van der Waals surface area contributed by atoms with Gasteiger partial charge in [-0.1, -0.05) is 0 Å². The van der Waals surface area contributed by atoms with Gasteiger partial charge in [-0.2, -0.15) is 4.98 Å². The molecule has 1 aliphatic rings. The molecule has 0 aromatic carbocycles. The van der Waals surface area contributed by atoms with Gasteiger partial charge in [0.1, 0.15) is 0 Å². The van der Waals surface area contributed by atoms with Crippen molar-refractivity contribution < 1.29 is 9.15 Å². The molecule has 1 saturated heterocycles. The van der Waals surface area contributed by atoms with Crippen LogP contribution in [0.15, 0.2) is 22.7 Å². The summed E-state index contributed by atoms with van der Waals surface area (Å²) in [5.41, 5.74) is 6.95. The number of fused-ring (bicyclic) bond motifs is 1. The Morgan fingerprint density at radius 3 is 3.17 bits per heavy atom. The lowest BCUT2D eigenvalue weighted by Gasteiger charge is -2.30. The number of oxazole rings is 1. The third kappa shape index (κ3) is 2.40. The smallest absolute Gasteiger partial charge is 0.300 e. The van der Waals surface area contributed by atoms with Crippen LogP contribution < -0.4 is 10.6 Å². The molecule has 0 bridgehead atoms. The Labute approximate surface area is 111 Å². The Bertz CT molecular complexity index is 485. The van der Waals surface area contributed by atoms with Crippen molar-refractivity contribution in [3.8, 4) is 0 Å². The molecule has 1 atom stereocenters. The van der Waals surface area contributed by atoms with Crippen molar-refractivity contribution in [3.05, 3.63) is 18.3 Å². The van der Waals surface area contributed by atoms with Crippen molar-refractivity contribution in [3.63, 3.8) is 0 Å². The zero-order valence-electron chi connectivity index (χ0n) is 9.78. The minimum absolute atomic E-state index is 0. The van der Waals surface area contributed by atoms with Crippen LogP contribution in [0.4, 0.5) is 6.01 Å². The van der Waals surface area contributed by atoms with E-state index in [-0.39, 0.29) is 18.5 Å². The van der Waals surface area contributed by atoms with Crippen molar-refractivity contribution in [1.29, 1.82) is 0 Å². The zero-order chi connectivity index (χ0) is 11.7. The summed E-state index contributed by atoms with van der Waals surface area (Å²) in [6.07, 6.45) is 1.75. The van der Waals surface area contributed by atoms with Gasteiger partial charge in [-0.15, -0.1) is 12.4 Å². The van der Waals surface area contributed by atoms with Gasteiger partial charge < -0.3 is 19.8 Å². The summed E-state index contributed by atoms with van der Waals surface area (Å²) in [5, 5.41) is 0. The lowest BCUT2D eigenvalue weighted by atomic mass is 10.3. The summed E-state index contributed by atoms with van der Waals surface area (Å²) in [7, 11) is 0. The van der Waals surface area contributed by atoms with Crippen LogP contribution in [0, 0.1) is 0 Å². The molecule has 0 spiro atoms. The van der Waals surface area contributed by atoms with E-state index in [1.54, 1.807) is 6.20 Å². The summed E-state index contributed by atoms with van der Waals surface area (Å²) < 4.78 is 11.2. The number of halogens is 1. The second kappa shape index (κ2) is 5.51. The standard InChI is InChI=1S/C11H14N4O2.ClH/c12-6-8-7-15(4-5-16-8)11-14-10-9(17-11)2-1-3-13-10;/h1-3,8H,4-7,12H2;1H. The number of ether oxygens (including phenoxy) is 1. The van der Waals surface area contributed by atoms with Crippen LogP contribution in [0.3, 0.4) is 0 Å². The fraction of sp³-hybridized carbons (Fsp3) is 0.455. The molecule has 6 nitrogen and oxygen atoms in total. The minimum Gasteiger partial charge on any atom is -0.422 e. The molecule has 2 aromatic rings. The summed E-state index contributed by atoms with van der Waals surface area (Å²) in [5.74, 6) is 0. The first kappa shape index (κ1) is 13.1. The Morgan fingerprint density at radius 1 is 1.50 bits per heavy atom. The summed E-state index contributed by atoms with van der Waals surface area (Å²) in [6, 6.07) is 4.29. The topological polar surface area (TPSA) is 77.4 Å². The number of nitrogens with two attached hydrogens (primary N) is 1. The highest BCUT2D eigenvalue weighted by Crippen LogP contribution is 2.21. The van der Waals surface area contributed by atoms with Crippen molar-refractivity contribution >= 4 is 29.7 Å². The Morgan fingerprint density at radius 2 is 2.39 bits per heavy atom. The number of anilines is 1. The van der Waals surface area contributed by atoms with Gasteiger partial charge in [0, 0.05) is 25.8 Å². The molecule has 2 N–H and O–H groups in total. The number of aromatic nitrogens is 2. The monoisotopic (exact) mass is 270 g/mol. The van der Waals surface area contributed by atoms with Crippen molar-refractivity contribution in [1.82, 2.24) is 9.97 Å². The molecule has 3 rings (SSSR count). The summed E-state index contributed by atoms with van der Waals surface area (Å²) in [6.45, 7) is 2.63. The maximum Gasteiger partial charge on any atom is 0.300 e. The summed E-state index contributed by atoms with van der Waals surface area (Å²) in [4.78, 5) is 10.5. The van der Waals surface area contributed by atoms with Gasteiger partial charge in [-0.3, -0.25) is 0 Å². The molecule has 0 saturated carbocycles. The number of rotatable bonds is 2. The Hall–Kier alpha value is -1.37. The van der Waals surface area contributed by atoms with Gasteiger partial charge in [0.2, 0.25) is 5.65 Å². The van der Waals surface area contributed by atoms with Crippen LogP contribution in [0.1, 0.15) is 0 Å². The number of pyridine rings is 1. The minimum atomic E-state index is 0. The number of hydrogen-bond donors (Lipinski definition) is 1. The van der Waals surface area contributed by atoms with Crippen LogP contribution in [-0.2, 0) is 4.74 Å². The predicted molar refractivity (Wildman–Crippen MR) is 70.1 cm³/mol. The third-order valence-corrected chi connectivity index (χ3v) is 2.83. The number of hydrogen-bond acceptors (Lipinski definition) is 6. The fourth-order valence-corrected chi connectivity index (χ4v) is 1.93. The van der Waals surface area contributed by atoms with E-state index >= 15 is 0 Å². The van der Waals surface area contributed by atoms with Gasteiger partial charge in [0.05, 0.1) is 12.7 Å². The van der Waals surface area contributed by atoms with E-state index in [1.807, 2.05) is 17.0 Å². The van der Waals surface area contributed by atoms with Crippen LogP contribution in [0.5, 0.6) is 0 Å². The maximum absolute atomic E-state index is 5.66. The molecule has 1 aliphatic heterocycles. The lowest BCUT2D eigenvalue weighted by molar-refractivity contribution is 0.0449. The molecule has 18 heavy (non-hydrogen) atoms. The number of nitrogens with zero attached hydrogens (tertiary/aromatic N) is 3. The largest absolute Gasteiger partial charge is 0.422 e. The predicted octanol–water partition coefficient (Wildman–Crippen LogP) is 0.808. The average molecular weight is 271 g/mol. The number of morpholine rings is 1. The van der Waals surface area contributed by atoms with E-state index in [4.69, 9.17) is 14.9 Å². The van der Waals surface area contributed by atoms with E-state index in [0.29, 0.717) is 36.9 Å². The summed E-state index contributed by atoms with van der Waals surface area (Å²) >= 11 is 0. The molecule has 1 unspecified atom stereocenters. The maximum atomic E-state index is 5.66. The van der Waals surface area contributed by atoms with E-state index in [1.165, 1.54) is 0 Å². The van der Waals surface area contributed by atoms with Crippen molar-refractivity contribution in [2.24, 2.45) is 5.73 Å². The average Bonchev–Trinajstić information content (AvgIpc) is 2.82. The van der Waals surface area contributed by atoms with E-state index in [9.17, 15) is 0 Å². The van der Waals surface area contributed by atoms with Gasteiger partial charge in [0.25, 0.3) is 6.01 Å². The molecular weight excluding hydrogens is 256 g/mol. The normalized spacial score (nSPS) is 19.8. The Kier molecular flexibility index (Phi) is 4.00. The highest BCUT2D eigenvalue weighted by atomic mass is 35.5. The van der Waals surface area contributed by atoms with Crippen molar-refractivity contribution in [2.75, 3.05) is 31.1 Å².